The van der Waals surface area contributed by atoms with Crippen LogP contribution in [0.5, 0.6) is 0 Å². The molecule has 0 atom stereocenters. The van der Waals surface area contributed by atoms with Gasteiger partial charge in [-0.05, 0) is 43.8 Å². The number of hydrogen-bond donors (Lipinski definition) is 2. The molecule has 2 rings (SSSR count). The van der Waals surface area contributed by atoms with Crippen molar-refractivity contribution in [2.75, 3.05) is 39.8 Å². The van der Waals surface area contributed by atoms with Crippen molar-refractivity contribution in [3.63, 3.8) is 0 Å². The predicted octanol–water partition coefficient (Wildman–Crippen LogP) is 2.13. The molecule has 1 aromatic rings. The first-order valence-electron chi connectivity index (χ1n) is 8.48. The molecule has 1 aromatic carbocycles. The second kappa shape index (κ2) is 9.46. The molecule has 1 aliphatic heterocycles. The third-order valence-electron chi connectivity index (χ3n) is 4.37. The lowest BCUT2D eigenvalue weighted by molar-refractivity contribution is 0.195. The molecular weight excluding hydrogens is 272 g/mol. The molecule has 0 bridgehead atoms. The Morgan fingerprint density at radius 1 is 1.14 bits per heavy atom. The van der Waals surface area contributed by atoms with Gasteiger partial charge in [-0.25, -0.2) is 0 Å². The molecule has 1 saturated heterocycles. The van der Waals surface area contributed by atoms with Gasteiger partial charge in [0.2, 0.25) is 0 Å². The van der Waals surface area contributed by atoms with E-state index in [1.165, 1.54) is 31.5 Å². The van der Waals surface area contributed by atoms with Crippen LogP contribution < -0.4 is 10.6 Å². The molecule has 2 N–H and O–H groups in total. The van der Waals surface area contributed by atoms with Crippen molar-refractivity contribution in [1.29, 1.82) is 0 Å². The van der Waals surface area contributed by atoms with Crippen molar-refractivity contribution in [3.05, 3.63) is 35.9 Å². The Balaban J connectivity index is 1.59. The minimum absolute atomic E-state index is 0.900. The van der Waals surface area contributed by atoms with Gasteiger partial charge in [0.05, 0.1) is 0 Å². The third kappa shape index (κ3) is 6.06. The molecule has 0 radical (unpaired) electrons. The van der Waals surface area contributed by atoms with E-state index in [2.05, 4.69) is 57.8 Å². The molecule has 0 spiro atoms. The molecule has 0 unspecified atom stereocenters. The topological polar surface area (TPSA) is 39.7 Å². The van der Waals surface area contributed by atoms with Gasteiger partial charge < -0.3 is 15.5 Å². The molecular formula is C18H30N4. The van der Waals surface area contributed by atoms with Gasteiger partial charge in [0.1, 0.15) is 0 Å². The summed E-state index contributed by atoms with van der Waals surface area (Å²) in [6.07, 6.45) is 3.69. The summed E-state index contributed by atoms with van der Waals surface area (Å²) < 4.78 is 0. The van der Waals surface area contributed by atoms with E-state index in [1.54, 1.807) is 0 Å². The first-order valence-corrected chi connectivity index (χ1v) is 8.48. The van der Waals surface area contributed by atoms with E-state index in [-0.39, 0.29) is 0 Å². The Bertz CT molecular complexity index is 436. The van der Waals surface area contributed by atoms with Crippen molar-refractivity contribution in [2.24, 2.45) is 10.9 Å². The zero-order valence-electron chi connectivity index (χ0n) is 14.0. The van der Waals surface area contributed by atoms with Crippen molar-refractivity contribution in [2.45, 2.75) is 26.2 Å². The number of likely N-dealkylation sites (tertiary alicyclic amines) is 1. The van der Waals surface area contributed by atoms with E-state index < -0.39 is 0 Å². The minimum Gasteiger partial charge on any atom is -0.356 e. The summed E-state index contributed by atoms with van der Waals surface area (Å²) in [5, 5.41) is 6.79. The first kappa shape index (κ1) is 16.8. The Kier molecular flexibility index (Phi) is 7.23. The molecule has 22 heavy (non-hydrogen) atoms. The fourth-order valence-corrected chi connectivity index (χ4v) is 2.81. The number of hydrogen-bond acceptors (Lipinski definition) is 2. The number of benzene rings is 1. The second-order valence-electron chi connectivity index (χ2n) is 6.19. The quantitative estimate of drug-likeness (QED) is 0.625. The van der Waals surface area contributed by atoms with Crippen LogP contribution in [0.3, 0.4) is 0 Å². The normalized spacial score (nSPS) is 17.5. The second-order valence-corrected chi connectivity index (χ2v) is 6.19. The molecule has 1 heterocycles. The standard InChI is InChI=1S/C18H30N4/c1-16-9-13-22(14-10-16)15-12-21-18(19-2)20-11-8-17-6-4-3-5-7-17/h3-7,16H,8-15H2,1-2H3,(H2,19,20,21). The van der Waals surface area contributed by atoms with Gasteiger partial charge in [-0.15, -0.1) is 0 Å². The number of guanidine groups is 1. The average molecular weight is 302 g/mol. The van der Waals surface area contributed by atoms with Crippen LogP contribution in [-0.2, 0) is 6.42 Å². The summed E-state index contributed by atoms with van der Waals surface area (Å²) in [4.78, 5) is 6.84. The lowest BCUT2D eigenvalue weighted by Crippen LogP contribution is -2.43. The van der Waals surface area contributed by atoms with Gasteiger partial charge in [-0.3, -0.25) is 4.99 Å². The molecule has 0 amide bonds. The highest BCUT2D eigenvalue weighted by atomic mass is 15.2. The van der Waals surface area contributed by atoms with Crippen LogP contribution in [0, 0.1) is 5.92 Å². The van der Waals surface area contributed by atoms with Crippen molar-refractivity contribution < 1.29 is 0 Å². The van der Waals surface area contributed by atoms with Crippen LogP contribution in [0.1, 0.15) is 25.3 Å². The van der Waals surface area contributed by atoms with Crippen LogP contribution in [0.15, 0.2) is 35.3 Å². The van der Waals surface area contributed by atoms with Gasteiger partial charge in [-0.2, -0.15) is 0 Å². The van der Waals surface area contributed by atoms with Gasteiger partial charge in [0, 0.05) is 26.7 Å². The van der Waals surface area contributed by atoms with E-state index in [0.29, 0.717) is 0 Å². The maximum absolute atomic E-state index is 4.29. The highest BCUT2D eigenvalue weighted by molar-refractivity contribution is 5.79. The summed E-state index contributed by atoms with van der Waals surface area (Å²) in [6.45, 7) is 7.80. The van der Waals surface area contributed by atoms with E-state index in [4.69, 9.17) is 0 Å². The van der Waals surface area contributed by atoms with Crippen LogP contribution in [-0.4, -0.2) is 50.6 Å². The Labute approximate surface area is 135 Å². The number of nitrogens with one attached hydrogen (secondary N) is 2. The summed E-state index contributed by atoms with van der Waals surface area (Å²) in [5.74, 6) is 1.80. The predicted molar refractivity (Wildman–Crippen MR) is 94.3 cm³/mol. The third-order valence-corrected chi connectivity index (χ3v) is 4.37. The van der Waals surface area contributed by atoms with Crippen LogP contribution in [0.25, 0.3) is 0 Å². The lowest BCUT2D eigenvalue weighted by Gasteiger charge is -2.30. The van der Waals surface area contributed by atoms with E-state index in [9.17, 15) is 0 Å². The fraction of sp³-hybridized carbons (Fsp3) is 0.611. The maximum Gasteiger partial charge on any atom is 0.191 e. The van der Waals surface area contributed by atoms with Crippen LogP contribution in [0.4, 0.5) is 0 Å². The average Bonchev–Trinajstić information content (AvgIpc) is 2.56. The highest BCUT2D eigenvalue weighted by Gasteiger charge is 2.14. The first-order chi connectivity index (χ1) is 10.8. The Hall–Kier alpha value is -1.55. The number of aliphatic imine (C=N–C) groups is 1. The molecule has 0 aliphatic carbocycles. The van der Waals surface area contributed by atoms with Gasteiger partial charge in [0.25, 0.3) is 0 Å². The Morgan fingerprint density at radius 3 is 2.50 bits per heavy atom. The summed E-state index contributed by atoms with van der Waals surface area (Å²) >= 11 is 0. The van der Waals surface area contributed by atoms with E-state index in [0.717, 1.165) is 37.9 Å². The molecule has 0 saturated carbocycles. The van der Waals surface area contributed by atoms with E-state index in [1.807, 2.05) is 7.05 Å². The van der Waals surface area contributed by atoms with Gasteiger partial charge in [0.15, 0.2) is 5.96 Å². The van der Waals surface area contributed by atoms with Crippen molar-refractivity contribution in [1.82, 2.24) is 15.5 Å². The largest absolute Gasteiger partial charge is 0.356 e. The molecule has 0 aromatic heterocycles. The highest BCUT2D eigenvalue weighted by Crippen LogP contribution is 2.14. The van der Waals surface area contributed by atoms with Gasteiger partial charge in [-0.1, -0.05) is 37.3 Å². The number of nitrogens with zero attached hydrogens (tertiary/aromatic N) is 2. The zero-order valence-corrected chi connectivity index (χ0v) is 14.0. The molecule has 1 fully saturated rings. The summed E-state index contributed by atoms with van der Waals surface area (Å²) in [5.41, 5.74) is 1.35. The smallest absolute Gasteiger partial charge is 0.191 e. The number of rotatable bonds is 6. The number of piperidine rings is 1. The van der Waals surface area contributed by atoms with Crippen LogP contribution in [0.2, 0.25) is 0 Å². The van der Waals surface area contributed by atoms with Crippen molar-refractivity contribution >= 4 is 5.96 Å². The lowest BCUT2D eigenvalue weighted by atomic mass is 9.99. The fourth-order valence-electron chi connectivity index (χ4n) is 2.81. The Morgan fingerprint density at radius 2 is 1.82 bits per heavy atom. The summed E-state index contributed by atoms with van der Waals surface area (Å²) in [7, 11) is 1.83. The molecule has 4 nitrogen and oxygen atoms in total. The monoisotopic (exact) mass is 302 g/mol. The van der Waals surface area contributed by atoms with Crippen molar-refractivity contribution in [3.8, 4) is 0 Å². The molecule has 4 heteroatoms. The SMILES string of the molecule is CN=C(NCCc1ccccc1)NCCN1CCC(C)CC1. The van der Waals surface area contributed by atoms with Gasteiger partial charge >= 0.3 is 0 Å². The van der Waals surface area contributed by atoms with E-state index >= 15 is 0 Å². The maximum atomic E-state index is 4.29. The minimum atomic E-state index is 0.900. The summed E-state index contributed by atoms with van der Waals surface area (Å²) in [6, 6.07) is 10.5. The van der Waals surface area contributed by atoms with Crippen LogP contribution >= 0.6 is 0 Å². The zero-order chi connectivity index (χ0) is 15.6. The molecule has 122 valence electrons. The molecule has 1 aliphatic rings.